The summed E-state index contributed by atoms with van der Waals surface area (Å²) in [5.74, 6) is 0. The van der Waals surface area contributed by atoms with Crippen LogP contribution in [-0.2, 0) is 0 Å². The van der Waals surface area contributed by atoms with Gasteiger partial charge >= 0.3 is 0 Å². The second-order valence-corrected chi connectivity index (χ2v) is 4.73. The van der Waals surface area contributed by atoms with Crippen molar-refractivity contribution in [3.05, 3.63) is 85.0 Å². The van der Waals surface area contributed by atoms with Crippen LogP contribution in [0.5, 0.6) is 0 Å². The van der Waals surface area contributed by atoms with E-state index in [0.717, 1.165) is 5.69 Å². The highest BCUT2D eigenvalue weighted by molar-refractivity contribution is 5.80. The van der Waals surface area contributed by atoms with Crippen molar-refractivity contribution in [1.82, 2.24) is 0 Å². The predicted molar refractivity (Wildman–Crippen MR) is 94.4 cm³/mol. The summed E-state index contributed by atoms with van der Waals surface area (Å²) in [6.07, 6.45) is 7.98. The number of nitrogens with one attached hydrogen (secondary N) is 1. The summed E-state index contributed by atoms with van der Waals surface area (Å²) in [6.45, 7) is 5.80. The number of rotatable bonds is 5. The molecule has 21 heavy (non-hydrogen) atoms. The van der Waals surface area contributed by atoms with Crippen LogP contribution >= 0.6 is 0 Å². The molecule has 0 amide bonds. The van der Waals surface area contributed by atoms with Crippen LogP contribution in [0.15, 0.2) is 79.4 Å². The Bertz CT molecular complexity index is 660. The van der Waals surface area contributed by atoms with Crippen LogP contribution in [0.25, 0.3) is 16.7 Å². The van der Waals surface area contributed by atoms with E-state index in [2.05, 4.69) is 60.4 Å². The first-order chi connectivity index (χ1) is 10.3. The Balaban J connectivity index is 2.39. The normalized spacial score (nSPS) is 11.6. The fraction of sp³-hybridized carbons (Fsp3) is 0.100. The van der Waals surface area contributed by atoms with Crippen LogP contribution < -0.4 is 5.32 Å². The van der Waals surface area contributed by atoms with Gasteiger partial charge < -0.3 is 5.32 Å². The summed E-state index contributed by atoms with van der Waals surface area (Å²) in [6, 6.07) is 16.9. The summed E-state index contributed by atoms with van der Waals surface area (Å²) >= 11 is 0. The van der Waals surface area contributed by atoms with Crippen molar-refractivity contribution in [2.24, 2.45) is 0 Å². The molecule has 106 valence electrons. The van der Waals surface area contributed by atoms with E-state index >= 15 is 0 Å². The van der Waals surface area contributed by atoms with E-state index in [9.17, 15) is 0 Å². The second-order valence-electron chi connectivity index (χ2n) is 4.73. The fourth-order valence-electron chi connectivity index (χ4n) is 2.35. The van der Waals surface area contributed by atoms with Gasteiger partial charge in [0.15, 0.2) is 0 Å². The van der Waals surface area contributed by atoms with Crippen LogP contribution in [0.3, 0.4) is 0 Å². The van der Waals surface area contributed by atoms with Crippen molar-refractivity contribution in [1.29, 1.82) is 0 Å². The van der Waals surface area contributed by atoms with Crippen molar-refractivity contribution in [2.75, 3.05) is 12.4 Å². The van der Waals surface area contributed by atoms with E-state index < -0.39 is 0 Å². The molecular weight excluding hydrogens is 254 g/mol. The lowest BCUT2D eigenvalue weighted by atomic mass is 9.99. The molecule has 0 saturated heterocycles. The van der Waals surface area contributed by atoms with Crippen LogP contribution in [0.4, 0.5) is 5.69 Å². The van der Waals surface area contributed by atoms with Gasteiger partial charge in [-0.2, -0.15) is 0 Å². The molecule has 0 atom stereocenters. The minimum atomic E-state index is 1.14. The average molecular weight is 275 g/mol. The SMILES string of the molecule is C=C/C=C(\C=C/C)c1ccc(-c2ccccc2NC)cc1. The van der Waals surface area contributed by atoms with Crippen molar-refractivity contribution in [3.63, 3.8) is 0 Å². The van der Waals surface area contributed by atoms with Gasteiger partial charge in [0.25, 0.3) is 0 Å². The molecule has 2 rings (SSSR count). The maximum atomic E-state index is 3.78. The molecule has 0 aliphatic heterocycles. The highest BCUT2D eigenvalue weighted by atomic mass is 14.8. The Hall–Kier alpha value is -2.54. The van der Waals surface area contributed by atoms with Gasteiger partial charge in [-0.15, -0.1) is 0 Å². The third-order valence-electron chi connectivity index (χ3n) is 3.37. The monoisotopic (exact) mass is 275 g/mol. The van der Waals surface area contributed by atoms with Crippen LogP contribution in [0, 0.1) is 0 Å². The molecule has 0 bridgehead atoms. The maximum absolute atomic E-state index is 3.78. The van der Waals surface area contributed by atoms with Gasteiger partial charge in [0.2, 0.25) is 0 Å². The molecule has 1 nitrogen and oxygen atoms in total. The lowest BCUT2D eigenvalue weighted by molar-refractivity contribution is 1.49. The molecular formula is C20H21N. The number of allylic oxidation sites excluding steroid dienone is 5. The Morgan fingerprint density at radius 1 is 1.05 bits per heavy atom. The van der Waals surface area contributed by atoms with E-state index in [-0.39, 0.29) is 0 Å². The van der Waals surface area contributed by atoms with Gasteiger partial charge in [-0.3, -0.25) is 0 Å². The summed E-state index contributed by atoms with van der Waals surface area (Å²) < 4.78 is 0. The number of anilines is 1. The van der Waals surface area contributed by atoms with Gasteiger partial charge in [0.1, 0.15) is 0 Å². The molecule has 0 unspecified atom stereocenters. The lowest BCUT2D eigenvalue weighted by Gasteiger charge is -2.10. The maximum Gasteiger partial charge on any atom is 0.0417 e. The Labute approximate surface area is 127 Å². The zero-order valence-electron chi connectivity index (χ0n) is 12.6. The average Bonchev–Trinajstić information content (AvgIpc) is 2.55. The molecule has 0 aliphatic carbocycles. The number of para-hydroxylation sites is 1. The lowest BCUT2D eigenvalue weighted by Crippen LogP contribution is -1.91. The number of hydrogen-bond donors (Lipinski definition) is 1. The van der Waals surface area contributed by atoms with Crippen LogP contribution in [-0.4, -0.2) is 7.05 Å². The molecule has 1 N–H and O–H groups in total. The van der Waals surface area contributed by atoms with E-state index in [1.165, 1.54) is 22.3 Å². The van der Waals surface area contributed by atoms with Gasteiger partial charge in [0, 0.05) is 18.3 Å². The van der Waals surface area contributed by atoms with E-state index in [1.54, 1.807) is 0 Å². The van der Waals surface area contributed by atoms with E-state index in [0.29, 0.717) is 0 Å². The Morgan fingerprint density at radius 3 is 2.38 bits per heavy atom. The fourth-order valence-corrected chi connectivity index (χ4v) is 2.35. The van der Waals surface area contributed by atoms with Crippen molar-refractivity contribution < 1.29 is 0 Å². The van der Waals surface area contributed by atoms with Gasteiger partial charge in [-0.05, 0) is 29.7 Å². The minimum Gasteiger partial charge on any atom is -0.388 e. The zero-order valence-corrected chi connectivity index (χ0v) is 12.6. The van der Waals surface area contributed by atoms with Gasteiger partial charge in [-0.1, -0.05) is 73.3 Å². The third-order valence-corrected chi connectivity index (χ3v) is 3.37. The molecule has 1 heteroatoms. The molecule has 2 aromatic carbocycles. The highest BCUT2D eigenvalue weighted by Crippen LogP contribution is 2.28. The summed E-state index contributed by atoms with van der Waals surface area (Å²) in [7, 11) is 1.95. The molecule has 0 saturated carbocycles. The third kappa shape index (κ3) is 3.51. The topological polar surface area (TPSA) is 12.0 Å². The predicted octanol–water partition coefficient (Wildman–Crippen LogP) is 5.54. The quantitative estimate of drug-likeness (QED) is 0.706. The summed E-state index contributed by atoms with van der Waals surface area (Å²) in [5.41, 5.74) is 5.93. The largest absolute Gasteiger partial charge is 0.388 e. The number of hydrogen-bond acceptors (Lipinski definition) is 1. The molecule has 0 radical (unpaired) electrons. The highest BCUT2D eigenvalue weighted by Gasteiger charge is 2.04. The molecule has 2 aromatic rings. The van der Waals surface area contributed by atoms with Crippen LogP contribution in [0.1, 0.15) is 12.5 Å². The van der Waals surface area contributed by atoms with Crippen molar-refractivity contribution >= 4 is 11.3 Å². The summed E-state index contributed by atoms with van der Waals surface area (Å²) in [4.78, 5) is 0. The van der Waals surface area contributed by atoms with Crippen molar-refractivity contribution in [3.8, 4) is 11.1 Å². The Morgan fingerprint density at radius 2 is 1.76 bits per heavy atom. The first kappa shape index (κ1) is 14.9. The first-order valence-electron chi connectivity index (χ1n) is 7.13. The molecule has 0 spiro atoms. The summed E-state index contributed by atoms with van der Waals surface area (Å²) in [5, 5.41) is 3.24. The van der Waals surface area contributed by atoms with Crippen LogP contribution in [0.2, 0.25) is 0 Å². The van der Waals surface area contributed by atoms with Crippen molar-refractivity contribution in [2.45, 2.75) is 6.92 Å². The van der Waals surface area contributed by atoms with Gasteiger partial charge in [-0.25, -0.2) is 0 Å². The van der Waals surface area contributed by atoms with E-state index in [1.807, 2.05) is 38.3 Å². The molecule has 0 aliphatic rings. The number of benzene rings is 2. The zero-order chi connectivity index (χ0) is 15.1. The Kier molecular flexibility index (Phi) is 5.16. The first-order valence-corrected chi connectivity index (χ1v) is 7.13. The molecule has 0 fully saturated rings. The molecule has 0 heterocycles. The smallest absolute Gasteiger partial charge is 0.0417 e. The standard InChI is InChI=1S/C20H21N/c1-4-8-16(9-5-2)17-12-14-18(15-13-17)19-10-6-7-11-20(19)21-3/h4-15,21H,1H2,2-3H3/b9-5-,16-8+. The molecule has 0 aromatic heterocycles. The minimum absolute atomic E-state index is 1.14. The van der Waals surface area contributed by atoms with Gasteiger partial charge in [0.05, 0.1) is 0 Å². The van der Waals surface area contributed by atoms with E-state index in [4.69, 9.17) is 0 Å². The second kappa shape index (κ2) is 7.30.